The third kappa shape index (κ3) is 2.26. The molecule has 0 aliphatic rings. The molecule has 0 aromatic heterocycles. The van der Waals surface area contributed by atoms with Crippen molar-refractivity contribution in [3.63, 3.8) is 0 Å². The zero-order valence-corrected chi connectivity index (χ0v) is 9.47. The first-order valence-corrected chi connectivity index (χ1v) is 4.82. The molecule has 0 amide bonds. The van der Waals surface area contributed by atoms with Crippen LogP contribution in [0.25, 0.3) is 5.83 Å². The monoisotopic (exact) mass is 260 g/mol. The lowest BCUT2D eigenvalue weighted by Gasteiger charge is -2.08. The summed E-state index contributed by atoms with van der Waals surface area (Å²) in [6.45, 7) is 0. The molecule has 14 heavy (non-hydrogen) atoms. The highest BCUT2D eigenvalue weighted by molar-refractivity contribution is 9.11. The van der Waals surface area contributed by atoms with Crippen molar-refractivity contribution < 1.29 is 13.9 Å². The predicted octanol–water partition coefficient (Wildman–Crippen LogP) is 3.37. The highest BCUT2D eigenvalue weighted by Crippen LogP contribution is 2.30. The van der Waals surface area contributed by atoms with Crippen LogP contribution in [0.1, 0.15) is 5.56 Å². The van der Waals surface area contributed by atoms with E-state index in [4.69, 9.17) is 9.47 Å². The second-order valence-electron chi connectivity index (χ2n) is 2.53. The Labute approximate surface area is 90.5 Å². The lowest BCUT2D eigenvalue weighted by atomic mass is 10.2. The summed E-state index contributed by atoms with van der Waals surface area (Å²) in [6, 6.07) is 4.85. The Bertz CT molecular complexity index is 350. The number of halogens is 2. The van der Waals surface area contributed by atoms with Gasteiger partial charge in [0.25, 0.3) is 0 Å². The van der Waals surface area contributed by atoms with Crippen LogP contribution < -0.4 is 9.47 Å². The summed E-state index contributed by atoms with van der Waals surface area (Å²) in [5.41, 5.74) is 0.444. The van der Waals surface area contributed by atoms with Gasteiger partial charge in [-0.25, -0.2) is 4.39 Å². The van der Waals surface area contributed by atoms with Crippen molar-refractivity contribution in [1.82, 2.24) is 0 Å². The summed E-state index contributed by atoms with van der Waals surface area (Å²) in [6.07, 6.45) is 0. The standard InChI is InChI=1S/C10H10BrFO2/c1-13-9-4-3-7(8(12)6-11)5-10(9)14-2/h3-6H,1-2H3/b8-6-. The van der Waals surface area contributed by atoms with Gasteiger partial charge in [-0.1, -0.05) is 15.9 Å². The van der Waals surface area contributed by atoms with Crippen LogP contribution in [0, 0.1) is 0 Å². The van der Waals surface area contributed by atoms with Crippen LogP contribution in [0.2, 0.25) is 0 Å². The maximum atomic E-state index is 13.1. The minimum atomic E-state index is -0.356. The Kier molecular flexibility index (Phi) is 3.95. The summed E-state index contributed by atoms with van der Waals surface area (Å²) in [5, 5.41) is 0. The van der Waals surface area contributed by atoms with Gasteiger partial charge < -0.3 is 9.47 Å². The van der Waals surface area contributed by atoms with E-state index in [0.717, 1.165) is 0 Å². The Morgan fingerprint density at radius 3 is 2.43 bits per heavy atom. The Balaban J connectivity index is 3.14. The summed E-state index contributed by atoms with van der Waals surface area (Å²) >= 11 is 2.92. The molecule has 4 heteroatoms. The fourth-order valence-electron chi connectivity index (χ4n) is 1.05. The number of rotatable bonds is 3. The van der Waals surface area contributed by atoms with E-state index >= 15 is 0 Å². The van der Waals surface area contributed by atoms with Crippen molar-refractivity contribution in [2.45, 2.75) is 0 Å². The average Bonchev–Trinajstić information content (AvgIpc) is 2.26. The van der Waals surface area contributed by atoms with Crippen molar-refractivity contribution in [2.24, 2.45) is 0 Å². The fraction of sp³-hybridized carbons (Fsp3) is 0.200. The van der Waals surface area contributed by atoms with Gasteiger partial charge in [-0.2, -0.15) is 0 Å². The van der Waals surface area contributed by atoms with Gasteiger partial charge in [-0.05, 0) is 18.2 Å². The molecule has 0 aliphatic heterocycles. The van der Waals surface area contributed by atoms with Crippen molar-refractivity contribution in [3.8, 4) is 11.5 Å². The molecule has 0 spiro atoms. The molecule has 1 rings (SSSR count). The quantitative estimate of drug-likeness (QED) is 0.830. The minimum Gasteiger partial charge on any atom is -0.493 e. The summed E-state index contributed by atoms with van der Waals surface area (Å²) < 4.78 is 23.2. The largest absolute Gasteiger partial charge is 0.493 e. The fourth-order valence-corrected chi connectivity index (χ4v) is 1.31. The summed E-state index contributed by atoms with van der Waals surface area (Å²) in [7, 11) is 3.05. The number of hydrogen-bond donors (Lipinski definition) is 0. The molecular formula is C10H10BrFO2. The zero-order valence-electron chi connectivity index (χ0n) is 7.88. The maximum absolute atomic E-state index is 13.1. The predicted molar refractivity (Wildman–Crippen MR) is 57.6 cm³/mol. The first kappa shape index (κ1) is 11.0. The highest BCUT2D eigenvalue weighted by Gasteiger charge is 2.06. The molecule has 1 aromatic carbocycles. The Hall–Kier alpha value is -1.03. The van der Waals surface area contributed by atoms with Crippen molar-refractivity contribution in [1.29, 1.82) is 0 Å². The molecule has 2 nitrogen and oxygen atoms in total. The topological polar surface area (TPSA) is 18.5 Å². The van der Waals surface area contributed by atoms with E-state index in [9.17, 15) is 4.39 Å². The van der Waals surface area contributed by atoms with Gasteiger partial charge in [0.05, 0.1) is 14.2 Å². The second-order valence-corrected chi connectivity index (χ2v) is 2.98. The van der Waals surface area contributed by atoms with Gasteiger partial charge in [0.15, 0.2) is 11.5 Å². The maximum Gasteiger partial charge on any atom is 0.161 e. The van der Waals surface area contributed by atoms with Gasteiger partial charge in [-0.15, -0.1) is 0 Å². The van der Waals surface area contributed by atoms with Crippen molar-refractivity contribution in [3.05, 3.63) is 28.7 Å². The SMILES string of the molecule is COc1ccc(/C(F)=C/Br)cc1OC. The van der Waals surface area contributed by atoms with E-state index in [1.54, 1.807) is 18.2 Å². The lowest BCUT2D eigenvalue weighted by molar-refractivity contribution is 0.355. The van der Waals surface area contributed by atoms with Crippen LogP contribution in [-0.2, 0) is 0 Å². The Morgan fingerprint density at radius 2 is 1.93 bits per heavy atom. The van der Waals surface area contributed by atoms with Crippen LogP contribution in [0.3, 0.4) is 0 Å². The minimum absolute atomic E-state index is 0.356. The molecule has 0 aliphatic carbocycles. The number of ether oxygens (including phenoxy) is 2. The number of hydrogen-bond acceptors (Lipinski definition) is 2. The van der Waals surface area contributed by atoms with Crippen LogP contribution in [0.5, 0.6) is 11.5 Å². The first-order valence-electron chi connectivity index (χ1n) is 3.91. The van der Waals surface area contributed by atoms with Gasteiger partial charge in [0.1, 0.15) is 5.83 Å². The molecule has 76 valence electrons. The normalized spacial score (nSPS) is 11.3. The third-order valence-electron chi connectivity index (χ3n) is 1.76. The van der Waals surface area contributed by atoms with Crippen molar-refractivity contribution in [2.75, 3.05) is 14.2 Å². The molecule has 1 aromatic rings. The van der Waals surface area contributed by atoms with Gasteiger partial charge >= 0.3 is 0 Å². The summed E-state index contributed by atoms with van der Waals surface area (Å²) in [4.78, 5) is 1.22. The number of methoxy groups -OCH3 is 2. The molecule has 0 fully saturated rings. The van der Waals surface area contributed by atoms with E-state index in [0.29, 0.717) is 17.1 Å². The average molecular weight is 261 g/mol. The van der Waals surface area contributed by atoms with Gasteiger partial charge in [-0.3, -0.25) is 0 Å². The second kappa shape index (κ2) is 5.00. The molecule has 0 N–H and O–H groups in total. The Morgan fingerprint density at radius 1 is 1.29 bits per heavy atom. The van der Waals surface area contributed by atoms with E-state index in [2.05, 4.69) is 15.9 Å². The van der Waals surface area contributed by atoms with Crippen LogP contribution in [-0.4, -0.2) is 14.2 Å². The molecule has 0 saturated carbocycles. The van der Waals surface area contributed by atoms with E-state index < -0.39 is 0 Å². The molecule has 0 bridgehead atoms. The van der Waals surface area contributed by atoms with Gasteiger partial charge in [0, 0.05) is 10.5 Å². The number of benzene rings is 1. The van der Waals surface area contributed by atoms with Crippen molar-refractivity contribution >= 4 is 21.8 Å². The molecule has 0 heterocycles. The van der Waals surface area contributed by atoms with E-state index in [1.165, 1.54) is 19.2 Å². The first-order chi connectivity index (χ1) is 6.72. The zero-order chi connectivity index (χ0) is 10.6. The summed E-state index contributed by atoms with van der Waals surface area (Å²) in [5.74, 6) is 0.735. The van der Waals surface area contributed by atoms with E-state index in [1.807, 2.05) is 0 Å². The third-order valence-corrected chi connectivity index (χ3v) is 2.16. The lowest BCUT2D eigenvalue weighted by Crippen LogP contribution is -1.91. The van der Waals surface area contributed by atoms with Crippen LogP contribution >= 0.6 is 15.9 Å². The van der Waals surface area contributed by atoms with Crippen LogP contribution in [0.4, 0.5) is 4.39 Å². The highest BCUT2D eigenvalue weighted by atomic mass is 79.9. The van der Waals surface area contributed by atoms with Gasteiger partial charge in [0.2, 0.25) is 0 Å². The molecule has 0 unspecified atom stereocenters. The van der Waals surface area contributed by atoms with Crippen LogP contribution in [0.15, 0.2) is 23.2 Å². The molecule has 0 atom stereocenters. The smallest absolute Gasteiger partial charge is 0.161 e. The molecule has 0 saturated heterocycles. The molecule has 0 radical (unpaired) electrons. The molecular weight excluding hydrogens is 251 g/mol. The van der Waals surface area contributed by atoms with E-state index in [-0.39, 0.29) is 5.83 Å².